The van der Waals surface area contributed by atoms with Crippen LogP contribution < -0.4 is 10.6 Å². The van der Waals surface area contributed by atoms with Gasteiger partial charge in [0.1, 0.15) is 0 Å². The van der Waals surface area contributed by atoms with Gasteiger partial charge in [0.15, 0.2) is 0 Å². The predicted octanol–water partition coefficient (Wildman–Crippen LogP) is 2.46. The number of hydrogen-bond donors (Lipinski definition) is 2. The van der Waals surface area contributed by atoms with Crippen molar-refractivity contribution in [1.82, 2.24) is 10.6 Å². The molecule has 0 radical (unpaired) electrons. The highest BCUT2D eigenvalue weighted by molar-refractivity contribution is 7.10. The smallest absolute Gasteiger partial charge is 0.237 e. The van der Waals surface area contributed by atoms with E-state index in [-0.39, 0.29) is 18.0 Å². The Morgan fingerprint density at radius 2 is 2.59 bits per heavy atom. The summed E-state index contributed by atoms with van der Waals surface area (Å²) in [6.45, 7) is 3.12. The highest BCUT2D eigenvalue weighted by atomic mass is 32.1. The predicted molar refractivity (Wildman–Crippen MR) is 71.1 cm³/mol. The van der Waals surface area contributed by atoms with Crippen molar-refractivity contribution in [3.8, 4) is 0 Å². The monoisotopic (exact) mass is 252 g/mol. The number of amides is 1. The van der Waals surface area contributed by atoms with Gasteiger partial charge in [-0.3, -0.25) is 4.79 Å². The minimum Gasteiger partial charge on any atom is -0.347 e. The van der Waals surface area contributed by atoms with Gasteiger partial charge in [0.25, 0.3) is 0 Å². The van der Waals surface area contributed by atoms with Crippen molar-refractivity contribution in [2.45, 2.75) is 44.7 Å². The van der Waals surface area contributed by atoms with E-state index in [4.69, 9.17) is 0 Å². The Bertz CT molecular complexity index is 344. The van der Waals surface area contributed by atoms with Crippen LogP contribution in [-0.2, 0) is 4.79 Å². The molecule has 0 spiro atoms. The Kier molecular flexibility index (Phi) is 4.57. The van der Waals surface area contributed by atoms with Crippen molar-refractivity contribution in [3.05, 3.63) is 22.4 Å². The summed E-state index contributed by atoms with van der Waals surface area (Å²) in [4.78, 5) is 13.3. The molecule has 1 saturated heterocycles. The molecule has 94 valence electrons. The molecule has 2 atom stereocenters. The summed E-state index contributed by atoms with van der Waals surface area (Å²) in [5.41, 5.74) is 0. The van der Waals surface area contributed by atoms with E-state index in [0.29, 0.717) is 0 Å². The van der Waals surface area contributed by atoms with Crippen LogP contribution in [0, 0.1) is 0 Å². The van der Waals surface area contributed by atoms with Crippen LogP contribution in [0.1, 0.15) is 43.5 Å². The molecule has 0 aromatic carbocycles. The van der Waals surface area contributed by atoms with Gasteiger partial charge in [-0.05, 0) is 37.3 Å². The molecule has 2 N–H and O–H groups in total. The largest absolute Gasteiger partial charge is 0.347 e. The van der Waals surface area contributed by atoms with Crippen LogP contribution in [0.2, 0.25) is 0 Å². The molecule has 2 rings (SSSR count). The van der Waals surface area contributed by atoms with Gasteiger partial charge in [-0.2, -0.15) is 0 Å². The van der Waals surface area contributed by atoms with E-state index >= 15 is 0 Å². The van der Waals surface area contributed by atoms with E-state index in [1.165, 1.54) is 4.88 Å². The van der Waals surface area contributed by atoms with Gasteiger partial charge in [0, 0.05) is 4.88 Å². The molecular formula is C13H20N2OS. The zero-order valence-electron chi connectivity index (χ0n) is 10.2. The number of carbonyl (C=O) groups is 1. The van der Waals surface area contributed by atoms with Gasteiger partial charge >= 0.3 is 0 Å². The van der Waals surface area contributed by atoms with Crippen molar-refractivity contribution < 1.29 is 4.79 Å². The van der Waals surface area contributed by atoms with Crippen LogP contribution in [-0.4, -0.2) is 18.5 Å². The SMILES string of the molecule is CCCC(NC(=O)C1CCCN1)c1cccs1. The Morgan fingerprint density at radius 3 is 3.18 bits per heavy atom. The fourth-order valence-electron chi connectivity index (χ4n) is 2.24. The topological polar surface area (TPSA) is 41.1 Å². The van der Waals surface area contributed by atoms with Gasteiger partial charge in [0.2, 0.25) is 5.91 Å². The van der Waals surface area contributed by atoms with Crippen LogP contribution in [0.25, 0.3) is 0 Å². The van der Waals surface area contributed by atoms with E-state index in [1.54, 1.807) is 11.3 Å². The molecule has 1 aliphatic rings. The maximum atomic E-state index is 12.1. The Balaban J connectivity index is 1.95. The van der Waals surface area contributed by atoms with Crippen LogP contribution in [0.4, 0.5) is 0 Å². The third-order valence-corrected chi connectivity index (χ3v) is 4.14. The molecule has 2 heterocycles. The maximum absolute atomic E-state index is 12.1. The first-order chi connectivity index (χ1) is 8.31. The first-order valence-corrected chi connectivity index (χ1v) is 7.26. The normalized spacial score (nSPS) is 21.4. The van der Waals surface area contributed by atoms with Crippen LogP contribution in [0.3, 0.4) is 0 Å². The minimum absolute atomic E-state index is 0.0225. The van der Waals surface area contributed by atoms with Gasteiger partial charge in [-0.25, -0.2) is 0 Å². The van der Waals surface area contributed by atoms with E-state index in [1.807, 2.05) is 6.07 Å². The second-order valence-corrected chi connectivity index (χ2v) is 5.49. The lowest BCUT2D eigenvalue weighted by Crippen LogP contribution is -2.41. The lowest BCUT2D eigenvalue weighted by atomic mass is 10.1. The van der Waals surface area contributed by atoms with Crippen molar-refractivity contribution in [3.63, 3.8) is 0 Å². The molecule has 0 saturated carbocycles. The fraction of sp³-hybridized carbons (Fsp3) is 0.615. The summed E-state index contributed by atoms with van der Waals surface area (Å²) in [5, 5.41) is 8.48. The molecule has 1 aromatic rings. The van der Waals surface area contributed by atoms with Gasteiger partial charge < -0.3 is 10.6 Å². The summed E-state index contributed by atoms with van der Waals surface area (Å²) in [6, 6.07) is 4.36. The minimum atomic E-state index is 0.0225. The van der Waals surface area contributed by atoms with Gasteiger partial charge in [-0.15, -0.1) is 11.3 Å². The van der Waals surface area contributed by atoms with E-state index in [9.17, 15) is 4.79 Å². The first kappa shape index (κ1) is 12.6. The Hall–Kier alpha value is -0.870. The Morgan fingerprint density at radius 1 is 1.71 bits per heavy atom. The summed E-state index contributed by atoms with van der Waals surface area (Å²) in [7, 11) is 0. The lowest BCUT2D eigenvalue weighted by Gasteiger charge is -2.19. The second-order valence-electron chi connectivity index (χ2n) is 4.51. The van der Waals surface area contributed by atoms with Crippen LogP contribution >= 0.6 is 11.3 Å². The summed E-state index contributed by atoms with van der Waals surface area (Å²) in [5.74, 6) is 0.161. The third-order valence-electron chi connectivity index (χ3n) is 3.16. The van der Waals surface area contributed by atoms with E-state index in [2.05, 4.69) is 29.0 Å². The number of thiophene rings is 1. The fourth-order valence-corrected chi connectivity index (χ4v) is 3.06. The van der Waals surface area contributed by atoms with Crippen molar-refractivity contribution >= 4 is 17.2 Å². The molecule has 1 aromatic heterocycles. The van der Waals surface area contributed by atoms with E-state index < -0.39 is 0 Å². The Labute approximate surface area is 107 Å². The summed E-state index contributed by atoms with van der Waals surface area (Å²) < 4.78 is 0. The molecule has 1 aliphatic heterocycles. The molecule has 0 bridgehead atoms. The van der Waals surface area contributed by atoms with E-state index in [0.717, 1.165) is 32.2 Å². The maximum Gasteiger partial charge on any atom is 0.237 e. The molecule has 17 heavy (non-hydrogen) atoms. The molecule has 1 amide bonds. The summed E-state index contributed by atoms with van der Waals surface area (Å²) in [6.07, 6.45) is 4.17. The zero-order valence-corrected chi connectivity index (χ0v) is 11.1. The average Bonchev–Trinajstić information content (AvgIpc) is 3.01. The third kappa shape index (κ3) is 3.30. The molecule has 1 fully saturated rings. The highest BCUT2D eigenvalue weighted by Gasteiger charge is 2.24. The number of carbonyl (C=O) groups excluding carboxylic acids is 1. The highest BCUT2D eigenvalue weighted by Crippen LogP contribution is 2.23. The number of nitrogens with one attached hydrogen (secondary N) is 2. The van der Waals surface area contributed by atoms with Crippen LogP contribution in [0.5, 0.6) is 0 Å². The average molecular weight is 252 g/mol. The second kappa shape index (κ2) is 6.17. The quantitative estimate of drug-likeness (QED) is 0.845. The molecule has 4 heteroatoms. The molecule has 2 unspecified atom stereocenters. The van der Waals surface area contributed by atoms with Gasteiger partial charge in [0.05, 0.1) is 12.1 Å². The number of hydrogen-bond acceptors (Lipinski definition) is 3. The zero-order chi connectivity index (χ0) is 12.1. The molecule has 3 nitrogen and oxygen atoms in total. The summed E-state index contributed by atoms with van der Waals surface area (Å²) >= 11 is 1.72. The standard InChI is InChI=1S/C13H20N2OS/c1-2-5-10(12-7-4-9-17-12)15-13(16)11-6-3-8-14-11/h4,7,9-11,14H,2-3,5-6,8H2,1H3,(H,15,16). The van der Waals surface area contributed by atoms with Crippen molar-refractivity contribution in [1.29, 1.82) is 0 Å². The molecule has 0 aliphatic carbocycles. The first-order valence-electron chi connectivity index (χ1n) is 6.38. The number of rotatable bonds is 5. The van der Waals surface area contributed by atoms with Gasteiger partial charge in [-0.1, -0.05) is 19.4 Å². The lowest BCUT2D eigenvalue weighted by molar-refractivity contribution is -0.123. The molecular weight excluding hydrogens is 232 g/mol. The van der Waals surface area contributed by atoms with Crippen LogP contribution in [0.15, 0.2) is 17.5 Å². The van der Waals surface area contributed by atoms with Crippen molar-refractivity contribution in [2.24, 2.45) is 0 Å². The van der Waals surface area contributed by atoms with Crippen molar-refractivity contribution in [2.75, 3.05) is 6.54 Å².